The lowest BCUT2D eigenvalue weighted by atomic mass is 10.1. The van der Waals surface area contributed by atoms with Crippen molar-refractivity contribution in [3.8, 4) is 5.75 Å². The highest BCUT2D eigenvalue weighted by atomic mass is 79.9. The molecule has 4 heteroatoms. The fraction of sp³-hybridized carbons (Fsp3) is 0.267. The van der Waals surface area contributed by atoms with E-state index in [1.165, 1.54) is 5.56 Å². The van der Waals surface area contributed by atoms with Crippen molar-refractivity contribution in [3.63, 3.8) is 0 Å². The van der Waals surface area contributed by atoms with Gasteiger partial charge in [0.25, 0.3) is 0 Å². The van der Waals surface area contributed by atoms with Gasteiger partial charge in [-0.1, -0.05) is 12.1 Å². The Morgan fingerprint density at radius 1 is 1.26 bits per heavy atom. The molecule has 1 aromatic carbocycles. The van der Waals surface area contributed by atoms with E-state index in [2.05, 4.69) is 45.3 Å². The lowest BCUT2D eigenvalue weighted by Crippen LogP contribution is -2.07. The van der Waals surface area contributed by atoms with Crippen LogP contribution in [0.15, 0.2) is 47.2 Å². The van der Waals surface area contributed by atoms with E-state index in [9.17, 15) is 0 Å². The zero-order valence-corrected chi connectivity index (χ0v) is 12.6. The van der Waals surface area contributed by atoms with Gasteiger partial charge < -0.3 is 10.1 Å². The summed E-state index contributed by atoms with van der Waals surface area (Å²) in [5.41, 5.74) is 2.20. The third-order valence-corrected chi connectivity index (χ3v) is 3.45. The molecule has 2 rings (SSSR count). The van der Waals surface area contributed by atoms with Crippen molar-refractivity contribution < 1.29 is 4.74 Å². The van der Waals surface area contributed by atoms with Crippen LogP contribution in [0.3, 0.4) is 0 Å². The quantitative estimate of drug-likeness (QED) is 0.828. The molecule has 0 fully saturated rings. The van der Waals surface area contributed by atoms with Crippen molar-refractivity contribution in [1.82, 2.24) is 4.98 Å². The van der Waals surface area contributed by atoms with E-state index in [0.717, 1.165) is 16.0 Å². The van der Waals surface area contributed by atoms with Gasteiger partial charge in [-0.3, -0.25) is 0 Å². The Balaban J connectivity index is 2.07. The lowest BCUT2D eigenvalue weighted by molar-refractivity contribution is 0.340. The van der Waals surface area contributed by atoms with Crippen LogP contribution in [-0.2, 0) is 0 Å². The highest BCUT2D eigenvalue weighted by Crippen LogP contribution is 2.25. The average molecular weight is 321 g/mol. The molecule has 0 saturated carbocycles. The van der Waals surface area contributed by atoms with Crippen molar-refractivity contribution in [2.45, 2.75) is 19.9 Å². The molecule has 0 aliphatic rings. The summed E-state index contributed by atoms with van der Waals surface area (Å²) in [4.78, 5) is 4.20. The van der Waals surface area contributed by atoms with E-state index < -0.39 is 0 Å². The number of hydrogen-bond acceptors (Lipinski definition) is 3. The Labute approximate surface area is 122 Å². The smallest absolute Gasteiger partial charge is 0.129 e. The monoisotopic (exact) mass is 320 g/mol. The van der Waals surface area contributed by atoms with Crippen LogP contribution < -0.4 is 10.1 Å². The van der Waals surface area contributed by atoms with Crippen LogP contribution in [-0.4, -0.2) is 11.6 Å². The minimum Gasteiger partial charge on any atom is -0.494 e. The normalized spacial score (nSPS) is 11.9. The number of aromatic nitrogens is 1. The summed E-state index contributed by atoms with van der Waals surface area (Å²) in [5.74, 6) is 0.904. The second-order valence-electron chi connectivity index (χ2n) is 4.21. The van der Waals surface area contributed by atoms with Crippen LogP contribution in [0.5, 0.6) is 5.75 Å². The number of halogens is 1. The topological polar surface area (TPSA) is 34.1 Å². The summed E-state index contributed by atoms with van der Waals surface area (Å²) < 4.78 is 6.27. The zero-order valence-electron chi connectivity index (χ0n) is 11.1. The summed E-state index contributed by atoms with van der Waals surface area (Å²) in [6.45, 7) is 4.79. The Hall–Kier alpha value is -1.55. The fourth-order valence-electron chi connectivity index (χ4n) is 1.83. The first-order valence-corrected chi connectivity index (χ1v) is 7.10. The first kappa shape index (κ1) is 13.9. The molecule has 0 saturated heterocycles. The minimum absolute atomic E-state index is 0.205. The van der Waals surface area contributed by atoms with Crippen LogP contribution in [0.1, 0.15) is 25.5 Å². The van der Waals surface area contributed by atoms with Crippen molar-refractivity contribution in [3.05, 3.63) is 52.8 Å². The highest BCUT2D eigenvalue weighted by molar-refractivity contribution is 9.10. The molecule has 100 valence electrons. The molecule has 0 radical (unpaired) electrons. The predicted octanol–water partition coefficient (Wildman–Crippen LogP) is 4.42. The van der Waals surface area contributed by atoms with Gasteiger partial charge in [-0.15, -0.1) is 0 Å². The maximum Gasteiger partial charge on any atom is 0.129 e. The van der Waals surface area contributed by atoms with Crippen LogP contribution in [0.4, 0.5) is 5.69 Å². The summed E-state index contributed by atoms with van der Waals surface area (Å²) in [5, 5.41) is 3.43. The molecular formula is C15H17BrN2O. The second kappa shape index (κ2) is 6.57. The number of rotatable bonds is 5. The van der Waals surface area contributed by atoms with Crippen molar-refractivity contribution in [2.75, 3.05) is 11.9 Å². The van der Waals surface area contributed by atoms with Gasteiger partial charge in [-0.2, -0.15) is 0 Å². The molecule has 1 N–H and O–H groups in total. The van der Waals surface area contributed by atoms with Gasteiger partial charge in [0.1, 0.15) is 10.4 Å². The molecule has 0 amide bonds. The van der Waals surface area contributed by atoms with E-state index in [-0.39, 0.29) is 6.04 Å². The molecule has 1 unspecified atom stereocenters. The van der Waals surface area contributed by atoms with Gasteiger partial charge in [-0.25, -0.2) is 4.98 Å². The molecule has 1 aromatic heterocycles. The average Bonchev–Trinajstić information content (AvgIpc) is 2.42. The minimum atomic E-state index is 0.205. The van der Waals surface area contributed by atoms with Gasteiger partial charge in [-0.05, 0) is 59.6 Å². The lowest BCUT2D eigenvalue weighted by Gasteiger charge is -2.16. The molecule has 0 spiro atoms. The van der Waals surface area contributed by atoms with E-state index in [1.54, 1.807) is 6.20 Å². The molecule has 0 aliphatic carbocycles. The molecule has 1 heterocycles. The third-order valence-electron chi connectivity index (χ3n) is 2.82. The summed E-state index contributed by atoms with van der Waals surface area (Å²) in [6, 6.07) is 12.3. The molecule has 1 atom stereocenters. The summed E-state index contributed by atoms with van der Waals surface area (Å²) in [6.07, 6.45) is 1.76. The van der Waals surface area contributed by atoms with E-state index >= 15 is 0 Å². The molecule has 0 aliphatic heterocycles. The number of nitrogens with one attached hydrogen (secondary N) is 1. The molecule has 19 heavy (non-hydrogen) atoms. The largest absolute Gasteiger partial charge is 0.494 e. The Morgan fingerprint density at radius 3 is 2.63 bits per heavy atom. The maximum atomic E-state index is 5.44. The van der Waals surface area contributed by atoms with Crippen molar-refractivity contribution in [1.29, 1.82) is 0 Å². The number of pyridine rings is 1. The number of nitrogens with zero attached hydrogens (tertiary/aromatic N) is 1. The molecule has 2 aromatic rings. The Kier molecular flexibility index (Phi) is 4.80. The van der Waals surface area contributed by atoms with Crippen molar-refractivity contribution in [2.24, 2.45) is 0 Å². The van der Waals surface area contributed by atoms with E-state index in [0.29, 0.717) is 6.61 Å². The van der Waals surface area contributed by atoms with Gasteiger partial charge >= 0.3 is 0 Å². The van der Waals surface area contributed by atoms with Gasteiger partial charge in [0.15, 0.2) is 0 Å². The number of hydrogen-bond donors (Lipinski definition) is 1. The van der Waals surface area contributed by atoms with Gasteiger partial charge in [0.2, 0.25) is 0 Å². The first-order chi connectivity index (χ1) is 9.20. The summed E-state index contributed by atoms with van der Waals surface area (Å²) >= 11 is 3.44. The number of anilines is 1. The van der Waals surface area contributed by atoms with Crippen molar-refractivity contribution >= 4 is 21.6 Å². The second-order valence-corrected chi connectivity index (χ2v) is 4.96. The maximum absolute atomic E-state index is 5.44. The van der Waals surface area contributed by atoms with Gasteiger partial charge in [0, 0.05) is 12.2 Å². The molecule has 3 nitrogen and oxygen atoms in total. The van der Waals surface area contributed by atoms with Crippen LogP contribution in [0.25, 0.3) is 0 Å². The van der Waals surface area contributed by atoms with Crippen LogP contribution in [0.2, 0.25) is 0 Å². The van der Waals surface area contributed by atoms with Crippen LogP contribution in [0, 0.1) is 0 Å². The standard InChI is InChI=1S/C15H17BrN2O/c1-3-19-13-8-6-12(7-9-13)11(2)18-14-5-4-10-17-15(14)16/h4-11,18H,3H2,1-2H3. The SMILES string of the molecule is CCOc1ccc(C(C)Nc2cccnc2Br)cc1. The predicted molar refractivity (Wildman–Crippen MR) is 81.6 cm³/mol. The Morgan fingerprint density at radius 2 is 2.00 bits per heavy atom. The number of ether oxygens (including phenoxy) is 1. The fourth-order valence-corrected chi connectivity index (χ4v) is 2.19. The Bertz CT molecular complexity index is 528. The van der Waals surface area contributed by atoms with E-state index in [4.69, 9.17) is 4.74 Å². The summed E-state index contributed by atoms with van der Waals surface area (Å²) in [7, 11) is 0. The third kappa shape index (κ3) is 3.70. The zero-order chi connectivity index (χ0) is 13.7. The number of benzene rings is 1. The molecule has 0 bridgehead atoms. The highest BCUT2D eigenvalue weighted by Gasteiger charge is 2.07. The van der Waals surface area contributed by atoms with Gasteiger partial charge in [0.05, 0.1) is 12.3 Å². The van der Waals surface area contributed by atoms with Crippen LogP contribution >= 0.6 is 15.9 Å². The molecular weight excluding hydrogens is 304 g/mol. The van der Waals surface area contributed by atoms with E-state index in [1.807, 2.05) is 31.2 Å². The first-order valence-electron chi connectivity index (χ1n) is 6.30.